The van der Waals surface area contributed by atoms with Gasteiger partial charge in [0.25, 0.3) is 5.56 Å². The standard InChI is InChI=1S/C9H6N2O4/c12-5-1-2-7-10-6(9(14)15)3-8(13)11(7)4-5/h1-4,12H,(H,14,15). The molecule has 0 aliphatic rings. The molecule has 15 heavy (non-hydrogen) atoms. The second-order valence-electron chi connectivity index (χ2n) is 2.90. The van der Waals surface area contributed by atoms with E-state index >= 15 is 0 Å². The number of carbonyl (C=O) groups is 1. The minimum absolute atomic E-state index is 0.0884. The molecule has 0 radical (unpaired) electrons. The summed E-state index contributed by atoms with van der Waals surface area (Å²) in [5.41, 5.74) is -0.684. The molecule has 0 atom stereocenters. The van der Waals surface area contributed by atoms with Crippen LogP contribution in [0.4, 0.5) is 0 Å². The van der Waals surface area contributed by atoms with Crippen molar-refractivity contribution in [3.05, 3.63) is 40.4 Å². The van der Waals surface area contributed by atoms with E-state index in [1.54, 1.807) is 0 Å². The summed E-state index contributed by atoms with van der Waals surface area (Å²) in [7, 11) is 0. The van der Waals surface area contributed by atoms with E-state index in [-0.39, 0.29) is 17.1 Å². The first-order valence-corrected chi connectivity index (χ1v) is 4.03. The Balaban J connectivity index is 2.84. The third-order valence-electron chi connectivity index (χ3n) is 1.86. The number of aromatic hydroxyl groups is 1. The highest BCUT2D eigenvalue weighted by Gasteiger charge is 2.08. The lowest BCUT2D eigenvalue weighted by atomic mass is 10.3. The molecule has 2 rings (SSSR count). The Kier molecular flexibility index (Phi) is 1.89. The first kappa shape index (κ1) is 9.20. The molecule has 6 nitrogen and oxygen atoms in total. The van der Waals surface area contributed by atoms with Crippen LogP contribution >= 0.6 is 0 Å². The maximum atomic E-state index is 11.4. The number of nitrogens with zero attached hydrogens (tertiary/aromatic N) is 2. The Morgan fingerprint density at radius 3 is 2.80 bits per heavy atom. The number of fused-ring (bicyclic) bond motifs is 1. The molecule has 0 fully saturated rings. The lowest BCUT2D eigenvalue weighted by Gasteiger charge is -2.01. The first-order valence-electron chi connectivity index (χ1n) is 4.03. The number of carboxylic acid groups (broad SMARTS) is 1. The van der Waals surface area contributed by atoms with Gasteiger partial charge in [-0.05, 0) is 12.1 Å². The Labute approximate surface area is 83.1 Å². The van der Waals surface area contributed by atoms with Gasteiger partial charge < -0.3 is 10.2 Å². The Morgan fingerprint density at radius 1 is 1.40 bits per heavy atom. The van der Waals surface area contributed by atoms with Gasteiger partial charge in [0, 0.05) is 6.07 Å². The van der Waals surface area contributed by atoms with Gasteiger partial charge in [0.15, 0.2) is 5.69 Å². The molecule has 0 aromatic carbocycles. The van der Waals surface area contributed by atoms with Crippen LogP contribution in [0.15, 0.2) is 29.2 Å². The summed E-state index contributed by atoms with van der Waals surface area (Å²) in [5.74, 6) is -1.35. The maximum absolute atomic E-state index is 11.4. The number of pyridine rings is 1. The molecule has 0 bridgehead atoms. The predicted molar refractivity (Wildman–Crippen MR) is 50.1 cm³/mol. The van der Waals surface area contributed by atoms with E-state index in [0.717, 1.165) is 10.5 Å². The fraction of sp³-hybridized carbons (Fsp3) is 0. The number of aromatic carboxylic acids is 1. The molecule has 2 aromatic rings. The molecular weight excluding hydrogens is 200 g/mol. The number of aromatic nitrogens is 2. The second-order valence-corrected chi connectivity index (χ2v) is 2.90. The number of carboxylic acids is 1. The molecule has 0 spiro atoms. The van der Waals surface area contributed by atoms with Crippen LogP contribution in [0.3, 0.4) is 0 Å². The van der Waals surface area contributed by atoms with E-state index in [0.29, 0.717) is 0 Å². The van der Waals surface area contributed by atoms with E-state index in [2.05, 4.69) is 4.98 Å². The SMILES string of the molecule is O=C(O)c1cc(=O)n2cc(O)ccc2n1. The zero-order valence-corrected chi connectivity index (χ0v) is 7.41. The monoisotopic (exact) mass is 206 g/mol. The third kappa shape index (κ3) is 1.52. The lowest BCUT2D eigenvalue weighted by Crippen LogP contribution is -2.17. The zero-order chi connectivity index (χ0) is 11.0. The number of hydrogen-bond donors (Lipinski definition) is 2. The Bertz CT molecular complexity index is 603. The molecule has 0 amide bonds. The van der Waals surface area contributed by atoms with E-state index < -0.39 is 11.5 Å². The van der Waals surface area contributed by atoms with Crippen LogP contribution in [-0.2, 0) is 0 Å². The summed E-state index contributed by atoms with van der Waals surface area (Å²) in [6, 6.07) is 3.59. The molecule has 2 N–H and O–H groups in total. The van der Waals surface area contributed by atoms with Gasteiger partial charge >= 0.3 is 5.97 Å². The summed E-state index contributed by atoms with van der Waals surface area (Å²) in [6.45, 7) is 0. The molecule has 6 heteroatoms. The van der Waals surface area contributed by atoms with Gasteiger partial charge in [0.1, 0.15) is 11.4 Å². The predicted octanol–water partition coefficient (Wildman–Crippen LogP) is 0.0983. The van der Waals surface area contributed by atoms with Crippen molar-refractivity contribution in [2.24, 2.45) is 0 Å². The Hall–Kier alpha value is -2.37. The quantitative estimate of drug-likeness (QED) is 0.690. The van der Waals surface area contributed by atoms with Crippen molar-refractivity contribution in [2.75, 3.05) is 0 Å². The molecule has 2 heterocycles. The largest absolute Gasteiger partial charge is 0.506 e. The van der Waals surface area contributed by atoms with Crippen LogP contribution in [-0.4, -0.2) is 25.6 Å². The van der Waals surface area contributed by atoms with Crippen molar-refractivity contribution < 1.29 is 15.0 Å². The molecule has 0 aliphatic heterocycles. The minimum Gasteiger partial charge on any atom is -0.506 e. The van der Waals surface area contributed by atoms with Crippen LogP contribution < -0.4 is 5.56 Å². The van der Waals surface area contributed by atoms with Crippen LogP contribution in [0, 0.1) is 0 Å². The van der Waals surface area contributed by atoms with Crippen molar-refractivity contribution in [3.63, 3.8) is 0 Å². The van der Waals surface area contributed by atoms with Crippen LogP contribution in [0.5, 0.6) is 5.75 Å². The molecule has 0 aliphatic carbocycles. The highest BCUT2D eigenvalue weighted by Crippen LogP contribution is 2.08. The van der Waals surface area contributed by atoms with Crippen LogP contribution in [0.25, 0.3) is 5.65 Å². The van der Waals surface area contributed by atoms with Gasteiger partial charge in [0.05, 0.1) is 6.20 Å². The maximum Gasteiger partial charge on any atom is 0.354 e. The van der Waals surface area contributed by atoms with Gasteiger partial charge in [-0.2, -0.15) is 0 Å². The summed E-state index contributed by atoms with van der Waals surface area (Å²) < 4.78 is 1.07. The second kappa shape index (κ2) is 3.09. The molecule has 2 aromatic heterocycles. The van der Waals surface area contributed by atoms with E-state index in [9.17, 15) is 9.59 Å². The Morgan fingerprint density at radius 2 is 2.13 bits per heavy atom. The molecule has 76 valence electrons. The first-order chi connectivity index (χ1) is 7.08. The average molecular weight is 206 g/mol. The van der Waals surface area contributed by atoms with Crippen molar-refractivity contribution in [2.45, 2.75) is 0 Å². The van der Waals surface area contributed by atoms with E-state index in [1.165, 1.54) is 18.3 Å². The normalized spacial score (nSPS) is 10.4. The topological polar surface area (TPSA) is 91.9 Å². The van der Waals surface area contributed by atoms with Gasteiger partial charge in [-0.3, -0.25) is 9.20 Å². The molecule has 0 unspecified atom stereocenters. The highest BCUT2D eigenvalue weighted by molar-refractivity contribution is 5.85. The number of hydrogen-bond acceptors (Lipinski definition) is 4. The van der Waals surface area contributed by atoms with Crippen molar-refractivity contribution in [3.8, 4) is 5.75 Å². The molecule has 0 saturated carbocycles. The molecular formula is C9H6N2O4. The minimum atomic E-state index is -1.26. The number of rotatable bonds is 1. The summed E-state index contributed by atoms with van der Waals surface area (Å²) in [5, 5.41) is 17.8. The van der Waals surface area contributed by atoms with Gasteiger partial charge in [-0.1, -0.05) is 0 Å². The zero-order valence-electron chi connectivity index (χ0n) is 7.41. The average Bonchev–Trinajstić information content (AvgIpc) is 2.18. The van der Waals surface area contributed by atoms with Gasteiger partial charge in [-0.25, -0.2) is 9.78 Å². The van der Waals surface area contributed by atoms with Crippen LogP contribution in [0.1, 0.15) is 10.5 Å². The van der Waals surface area contributed by atoms with Crippen molar-refractivity contribution in [1.82, 2.24) is 9.38 Å². The van der Waals surface area contributed by atoms with Crippen molar-refractivity contribution in [1.29, 1.82) is 0 Å². The highest BCUT2D eigenvalue weighted by atomic mass is 16.4. The van der Waals surface area contributed by atoms with Crippen molar-refractivity contribution >= 4 is 11.6 Å². The molecule has 0 saturated heterocycles. The summed E-state index contributed by atoms with van der Waals surface area (Å²) >= 11 is 0. The van der Waals surface area contributed by atoms with E-state index in [4.69, 9.17) is 10.2 Å². The smallest absolute Gasteiger partial charge is 0.354 e. The summed E-state index contributed by atoms with van der Waals surface area (Å²) in [4.78, 5) is 25.7. The fourth-order valence-electron chi connectivity index (χ4n) is 1.20. The van der Waals surface area contributed by atoms with E-state index in [1.807, 2.05) is 0 Å². The summed E-state index contributed by atoms with van der Waals surface area (Å²) in [6.07, 6.45) is 1.18. The van der Waals surface area contributed by atoms with Crippen LogP contribution in [0.2, 0.25) is 0 Å². The third-order valence-corrected chi connectivity index (χ3v) is 1.86. The lowest BCUT2D eigenvalue weighted by molar-refractivity contribution is 0.0690. The van der Waals surface area contributed by atoms with Gasteiger partial charge in [-0.15, -0.1) is 0 Å². The fourth-order valence-corrected chi connectivity index (χ4v) is 1.20. The van der Waals surface area contributed by atoms with Gasteiger partial charge in [0.2, 0.25) is 0 Å².